The maximum atomic E-state index is 13.3. The number of hydrogen-bond donors (Lipinski definition) is 1. The molecule has 0 saturated carbocycles. The average Bonchev–Trinajstić information content (AvgIpc) is 2.94. The summed E-state index contributed by atoms with van der Waals surface area (Å²) in [5, 5.41) is 3.67. The van der Waals surface area contributed by atoms with Gasteiger partial charge < -0.3 is 5.32 Å². The van der Waals surface area contributed by atoms with Crippen molar-refractivity contribution in [3.8, 4) is 0 Å². The van der Waals surface area contributed by atoms with Crippen LogP contribution in [0.4, 0.5) is 21.5 Å². The summed E-state index contributed by atoms with van der Waals surface area (Å²) in [5.41, 5.74) is 3.88. The highest BCUT2D eigenvalue weighted by Gasteiger charge is 2.16. The zero-order valence-electron chi connectivity index (χ0n) is 15.8. The van der Waals surface area contributed by atoms with E-state index in [1.165, 1.54) is 23.9 Å². The van der Waals surface area contributed by atoms with Crippen LogP contribution in [-0.4, -0.2) is 22.4 Å². The molecular formula is C23H17BrFN3OS. The number of fused-ring (bicyclic) bond motifs is 1. The Balaban J connectivity index is 1.51. The van der Waals surface area contributed by atoms with Gasteiger partial charge in [0.15, 0.2) is 0 Å². The Morgan fingerprint density at radius 3 is 2.33 bits per heavy atom. The highest BCUT2D eigenvalue weighted by molar-refractivity contribution is 9.10. The Labute approximate surface area is 186 Å². The fraction of sp³-hybridized carbons (Fsp3) is 0.0870. The molecule has 0 atom stereocenters. The fourth-order valence-corrected chi connectivity index (χ4v) is 3.96. The topological polar surface area (TPSA) is 53.8 Å². The molecule has 0 aromatic heterocycles. The molecule has 3 aromatic carbocycles. The number of anilines is 1. The predicted molar refractivity (Wildman–Crippen MR) is 126 cm³/mol. The number of hydrogen-bond acceptors (Lipinski definition) is 4. The van der Waals surface area contributed by atoms with Crippen LogP contribution >= 0.6 is 27.7 Å². The third-order valence-corrected chi connectivity index (χ3v) is 5.88. The number of halogens is 2. The zero-order chi connectivity index (χ0) is 20.9. The van der Waals surface area contributed by atoms with E-state index >= 15 is 0 Å². The Bertz CT molecular complexity index is 1130. The van der Waals surface area contributed by atoms with Crippen molar-refractivity contribution in [1.82, 2.24) is 0 Å². The summed E-state index contributed by atoms with van der Waals surface area (Å²) in [6, 6.07) is 21.3. The number of para-hydroxylation sites is 2. The van der Waals surface area contributed by atoms with E-state index in [0.29, 0.717) is 6.42 Å². The first kappa shape index (κ1) is 20.5. The number of thioether (sulfide) groups is 1. The summed E-state index contributed by atoms with van der Waals surface area (Å²) in [6.45, 7) is 0. The number of carbonyl (C=O) groups excluding carboxylic acids is 1. The van der Waals surface area contributed by atoms with Crippen molar-refractivity contribution in [2.24, 2.45) is 9.98 Å². The first-order valence-corrected chi connectivity index (χ1v) is 11.0. The van der Waals surface area contributed by atoms with Gasteiger partial charge in [-0.05, 0) is 54.1 Å². The lowest BCUT2D eigenvalue weighted by Gasteiger charge is -2.08. The van der Waals surface area contributed by atoms with E-state index in [0.717, 1.165) is 37.9 Å². The highest BCUT2D eigenvalue weighted by Crippen LogP contribution is 2.33. The fourth-order valence-electron chi connectivity index (χ4n) is 2.93. The molecule has 0 radical (unpaired) electrons. The molecule has 1 aliphatic heterocycles. The van der Waals surface area contributed by atoms with Gasteiger partial charge in [-0.15, -0.1) is 11.8 Å². The minimum Gasteiger partial charge on any atom is -0.325 e. The van der Waals surface area contributed by atoms with E-state index in [2.05, 4.69) is 21.2 Å². The van der Waals surface area contributed by atoms with Crippen LogP contribution in [0.2, 0.25) is 0 Å². The molecule has 0 unspecified atom stereocenters. The van der Waals surface area contributed by atoms with Gasteiger partial charge in [0.1, 0.15) is 5.82 Å². The van der Waals surface area contributed by atoms with E-state index in [9.17, 15) is 9.18 Å². The molecule has 0 spiro atoms. The van der Waals surface area contributed by atoms with Crippen LogP contribution in [0, 0.1) is 5.82 Å². The predicted octanol–water partition coefficient (Wildman–Crippen LogP) is 6.51. The van der Waals surface area contributed by atoms with Crippen LogP contribution < -0.4 is 5.32 Å². The lowest BCUT2D eigenvalue weighted by Crippen LogP contribution is -2.16. The number of nitrogens with one attached hydrogen (secondary N) is 1. The molecule has 7 heteroatoms. The van der Waals surface area contributed by atoms with Crippen LogP contribution in [0.5, 0.6) is 0 Å². The van der Waals surface area contributed by atoms with Crippen molar-refractivity contribution in [2.45, 2.75) is 6.42 Å². The quantitative estimate of drug-likeness (QED) is 0.461. The maximum Gasteiger partial charge on any atom is 0.234 e. The van der Waals surface area contributed by atoms with Crippen LogP contribution in [0.15, 0.2) is 87.3 Å². The molecule has 4 nitrogen and oxygen atoms in total. The maximum absolute atomic E-state index is 13.3. The Morgan fingerprint density at radius 2 is 1.63 bits per heavy atom. The van der Waals surface area contributed by atoms with Gasteiger partial charge in [-0.3, -0.25) is 9.79 Å². The normalized spacial score (nSPS) is 13.0. The molecule has 3 aromatic rings. The van der Waals surface area contributed by atoms with Gasteiger partial charge in [0, 0.05) is 16.6 Å². The van der Waals surface area contributed by atoms with E-state index in [-0.39, 0.29) is 17.5 Å². The van der Waals surface area contributed by atoms with Gasteiger partial charge in [-0.25, -0.2) is 9.38 Å². The van der Waals surface area contributed by atoms with Gasteiger partial charge in [-0.2, -0.15) is 0 Å². The summed E-state index contributed by atoms with van der Waals surface area (Å²) in [6.07, 6.45) is 0.469. The minimum atomic E-state index is -0.291. The Morgan fingerprint density at radius 1 is 0.967 bits per heavy atom. The number of aliphatic imine (C=N–C) groups is 2. The summed E-state index contributed by atoms with van der Waals surface area (Å²) < 4.78 is 14.3. The van der Waals surface area contributed by atoms with Crippen molar-refractivity contribution in [1.29, 1.82) is 0 Å². The lowest BCUT2D eigenvalue weighted by atomic mass is 10.1. The molecule has 0 bridgehead atoms. The number of rotatable bonds is 4. The van der Waals surface area contributed by atoms with Crippen molar-refractivity contribution < 1.29 is 9.18 Å². The molecule has 0 aliphatic carbocycles. The Kier molecular flexibility index (Phi) is 6.40. The zero-order valence-corrected chi connectivity index (χ0v) is 18.2. The van der Waals surface area contributed by atoms with Crippen molar-refractivity contribution in [3.63, 3.8) is 0 Å². The smallest absolute Gasteiger partial charge is 0.234 e. The minimum absolute atomic E-state index is 0.108. The van der Waals surface area contributed by atoms with Crippen molar-refractivity contribution in [3.05, 3.63) is 88.6 Å². The number of benzene rings is 3. The number of amides is 1. The van der Waals surface area contributed by atoms with E-state index < -0.39 is 0 Å². The van der Waals surface area contributed by atoms with Gasteiger partial charge in [-0.1, -0.05) is 40.2 Å². The molecule has 0 fully saturated rings. The molecule has 30 heavy (non-hydrogen) atoms. The summed E-state index contributed by atoms with van der Waals surface area (Å²) in [4.78, 5) is 21.9. The van der Waals surface area contributed by atoms with Gasteiger partial charge in [0.25, 0.3) is 0 Å². The standard InChI is InChI=1S/C23H17BrFN3OS/c24-16-7-11-18(12-8-16)26-22(29)14-30-23-13-21(15-5-9-17(25)10-6-15)27-19-3-1-2-4-20(19)28-23/h1-12H,13-14H2,(H,26,29). The van der Waals surface area contributed by atoms with Crippen molar-refractivity contribution in [2.75, 3.05) is 11.1 Å². The first-order chi connectivity index (χ1) is 14.6. The monoisotopic (exact) mass is 481 g/mol. The van der Waals surface area contributed by atoms with Crippen LogP contribution in [0.25, 0.3) is 0 Å². The third kappa shape index (κ3) is 5.23. The molecule has 150 valence electrons. The average molecular weight is 482 g/mol. The van der Waals surface area contributed by atoms with Crippen LogP contribution in [0.3, 0.4) is 0 Å². The second-order valence-corrected chi connectivity index (χ2v) is 8.54. The second kappa shape index (κ2) is 9.36. The van der Waals surface area contributed by atoms with E-state index in [1.54, 1.807) is 12.1 Å². The first-order valence-electron chi connectivity index (χ1n) is 9.25. The van der Waals surface area contributed by atoms with E-state index in [1.807, 2.05) is 48.5 Å². The van der Waals surface area contributed by atoms with E-state index in [4.69, 9.17) is 9.98 Å². The summed E-state index contributed by atoms with van der Waals surface area (Å²) >= 11 is 4.76. The number of carbonyl (C=O) groups is 1. The molecule has 0 saturated heterocycles. The summed E-state index contributed by atoms with van der Waals surface area (Å²) in [7, 11) is 0. The molecule has 1 amide bonds. The van der Waals surface area contributed by atoms with Gasteiger partial charge in [0.05, 0.1) is 27.9 Å². The SMILES string of the molecule is O=C(CSC1=Nc2ccccc2N=C(c2ccc(F)cc2)C1)Nc1ccc(Br)cc1. The van der Waals surface area contributed by atoms with Gasteiger partial charge >= 0.3 is 0 Å². The molecule has 4 rings (SSSR count). The van der Waals surface area contributed by atoms with Gasteiger partial charge in [0.2, 0.25) is 5.91 Å². The molecule has 1 aliphatic rings. The largest absolute Gasteiger partial charge is 0.325 e. The van der Waals surface area contributed by atoms with Crippen molar-refractivity contribution >= 4 is 61.4 Å². The molecule has 1 N–H and O–H groups in total. The summed E-state index contributed by atoms with van der Waals surface area (Å²) in [5.74, 6) is -0.169. The Hall–Kier alpha value is -2.77. The molecular weight excluding hydrogens is 465 g/mol. The third-order valence-electron chi connectivity index (χ3n) is 4.38. The molecule has 1 heterocycles. The lowest BCUT2D eigenvalue weighted by molar-refractivity contribution is -0.113. The number of nitrogens with zero attached hydrogens (tertiary/aromatic N) is 2. The van der Waals surface area contributed by atoms with Crippen LogP contribution in [0.1, 0.15) is 12.0 Å². The second-order valence-electron chi connectivity index (χ2n) is 6.58. The van der Waals surface area contributed by atoms with Crippen LogP contribution in [-0.2, 0) is 4.79 Å². The highest BCUT2D eigenvalue weighted by atomic mass is 79.9.